The second-order valence-corrected chi connectivity index (χ2v) is 6.34. The van der Waals surface area contributed by atoms with Crippen molar-refractivity contribution >= 4 is 16.7 Å². The van der Waals surface area contributed by atoms with Crippen molar-refractivity contribution in [1.82, 2.24) is 4.57 Å². The predicted molar refractivity (Wildman–Crippen MR) is 103 cm³/mol. The number of rotatable bonds is 8. The molecule has 3 aromatic rings. The molecule has 0 aliphatic rings. The first-order valence-electron chi connectivity index (χ1n) is 9.02. The molecule has 2 aromatic carbocycles. The number of methoxy groups -OCH3 is 1. The standard InChI is InChI=1S/C22H25NO2/c1-3-4-5-10-15-23-16-19(17-11-6-8-13-20(17)23)22(24)18-12-7-9-14-21(18)25-2/h6-9,11-14,16H,3-5,10,15H2,1-2H3. The number of unbranched alkanes of at least 4 members (excludes halogenated alkanes) is 3. The molecule has 0 spiro atoms. The minimum atomic E-state index is 0.0148. The minimum absolute atomic E-state index is 0.0148. The molecule has 0 amide bonds. The Balaban J connectivity index is 1.97. The second-order valence-electron chi connectivity index (χ2n) is 6.34. The van der Waals surface area contributed by atoms with Crippen molar-refractivity contribution in [2.24, 2.45) is 0 Å². The van der Waals surface area contributed by atoms with Crippen LogP contribution in [0, 0.1) is 0 Å². The fourth-order valence-corrected chi connectivity index (χ4v) is 3.30. The summed E-state index contributed by atoms with van der Waals surface area (Å²) in [4.78, 5) is 13.1. The Bertz CT molecular complexity index is 863. The van der Waals surface area contributed by atoms with E-state index in [0.29, 0.717) is 11.3 Å². The minimum Gasteiger partial charge on any atom is -0.496 e. The second kappa shape index (κ2) is 8.02. The number of carbonyl (C=O) groups excluding carboxylic acids is 1. The molecule has 0 saturated heterocycles. The maximum Gasteiger partial charge on any atom is 0.198 e. The molecule has 0 radical (unpaired) electrons. The number of ether oxygens (including phenoxy) is 1. The van der Waals surface area contributed by atoms with Crippen LogP contribution in [0.25, 0.3) is 10.9 Å². The summed E-state index contributed by atoms with van der Waals surface area (Å²) in [5, 5.41) is 1.01. The van der Waals surface area contributed by atoms with Crippen LogP contribution in [0.15, 0.2) is 54.7 Å². The number of aromatic nitrogens is 1. The van der Waals surface area contributed by atoms with Crippen LogP contribution in [0.2, 0.25) is 0 Å². The molecule has 0 bridgehead atoms. The summed E-state index contributed by atoms with van der Waals surface area (Å²) in [7, 11) is 1.60. The lowest BCUT2D eigenvalue weighted by atomic mass is 10.0. The number of aryl methyl sites for hydroxylation is 1. The fraction of sp³-hybridized carbons (Fsp3) is 0.318. The largest absolute Gasteiger partial charge is 0.496 e. The van der Waals surface area contributed by atoms with Crippen molar-refractivity contribution in [3.63, 3.8) is 0 Å². The predicted octanol–water partition coefficient (Wildman–Crippen LogP) is 5.46. The quantitative estimate of drug-likeness (QED) is 0.404. The van der Waals surface area contributed by atoms with Gasteiger partial charge in [-0.2, -0.15) is 0 Å². The van der Waals surface area contributed by atoms with Gasteiger partial charge in [-0.15, -0.1) is 0 Å². The maximum atomic E-state index is 13.1. The smallest absolute Gasteiger partial charge is 0.198 e. The third-order valence-corrected chi connectivity index (χ3v) is 4.64. The van der Waals surface area contributed by atoms with Crippen molar-refractivity contribution in [1.29, 1.82) is 0 Å². The zero-order valence-electron chi connectivity index (χ0n) is 15.0. The Labute approximate surface area is 149 Å². The van der Waals surface area contributed by atoms with Crippen LogP contribution >= 0.6 is 0 Å². The zero-order chi connectivity index (χ0) is 17.6. The van der Waals surface area contributed by atoms with Crippen LogP contribution < -0.4 is 4.74 Å². The van der Waals surface area contributed by atoms with Gasteiger partial charge in [-0.1, -0.05) is 56.5 Å². The number of hydrogen-bond donors (Lipinski definition) is 0. The van der Waals surface area contributed by atoms with Gasteiger partial charge < -0.3 is 9.30 Å². The van der Waals surface area contributed by atoms with E-state index in [2.05, 4.69) is 17.6 Å². The van der Waals surface area contributed by atoms with E-state index in [1.54, 1.807) is 7.11 Å². The molecular formula is C22H25NO2. The number of carbonyl (C=O) groups is 1. The van der Waals surface area contributed by atoms with E-state index < -0.39 is 0 Å². The van der Waals surface area contributed by atoms with Crippen LogP contribution in [0.3, 0.4) is 0 Å². The van der Waals surface area contributed by atoms with E-state index in [0.717, 1.165) is 29.4 Å². The summed E-state index contributed by atoms with van der Waals surface area (Å²) in [6, 6.07) is 15.6. The number of hydrogen-bond acceptors (Lipinski definition) is 2. The summed E-state index contributed by atoms with van der Waals surface area (Å²) >= 11 is 0. The summed E-state index contributed by atoms with van der Waals surface area (Å²) in [6.07, 6.45) is 6.84. The van der Waals surface area contributed by atoms with Gasteiger partial charge in [-0.25, -0.2) is 0 Å². The molecule has 0 saturated carbocycles. The van der Waals surface area contributed by atoms with Crippen molar-refractivity contribution in [2.45, 2.75) is 39.2 Å². The first kappa shape index (κ1) is 17.3. The summed E-state index contributed by atoms with van der Waals surface area (Å²) < 4.78 is 7.59. The van der Waals surface area contributed by atoms with E-state index in [4.69, 9.17) is 4.74 Å². The van der Waals surface area contributed by atoms with Gasteiger partial charge in [-0.05, 0) is 24.6 Å². The van der Waals surface area contributed by atoms with E-state index in [1.165, 1.54) is 19.3 Å². The highest BCUT2D eigenvalue weighted by Crippen LogP contribution is 2.27. The van der Waals surface area contributed by atoms with Crippen LogP contribution in [0.1, 0.15) is 48.5 Å². The molecule has 3 rings (SSSR count). The van der Waals surface area contributed by atoms with Crippen molar-refractivity contribution in [3.05, 3.63) is 65.9 Å². The van der Waals surface area contributed by atoms with E-state index >= 15 is 0 Å². The van der Waals surface area contributed by atoms with Crippen molar-refractivity contribution < 1.29 is 9.53 Å². The average Bonchev–Trinajstić information content (AvgIpc) is 3.03. The molecule has 1 aromatic heterocycles. The van der Waals surface area contributed by atoms with E-state index in [9.17, 15) is 4.79 Å². The lowest BCUT2D eigenvalue weighted by Crippen LogP contribution is -2.03. The van der Waals surface area contributed by atoms with E-state index in [-0.39, 0.29) is 5.78 Å². The molecular weight excluding hydrogens is 310 g/mol. The van der Waals surface area contributed by atoms with Gasteiger partial charge in [0.1, 0.15) is 5.75 Å². The molecule has 0 aliphatic carbocycles. The Morgan fingerprint density at radius 2 is 1.72 bits per heavy atom. The van der Waals surface area contributed by atoms with Crippen molar-refractivity contribution in [2.75, 3.05) is 7.11 Å². The SMILES string of the molecule is CCCCCCn1cc(C(=O)c2ccccc2OC)c2ccccc21. The van der Waals surface area contributed by atoms with Gasteiger partial charge in [0.25, 0.3) is 0 Å². The molecule has 0 unspecified atom stereocenters. The average molecular weight is 335 g/mol. The topological polar surface area (TPSA) is 31.2 Å². The molecule has 0 N–H and O–H groups in total. The molecule has 25 heavy (non-hydrogen) atoms. The van der Waals surface area contributed by atoms with Crippen LogP contribution in [-0.2, 0) is 6.54 Å². The summed E-state index contributed by atoms with van der Waals surface area (Å²) in [5.41, 5.74) is 2.48. The number of ketones is 1. The molecule has 3 nitrogen and oxygen atoms in total. The Hall–Kier alpha value is -2.55. The molecule has 0 atom stereocenters. The third kappa shape index (κ3) is 3.60. The number of benzene rings is 2. The lowest BCUT2D eigenvalue weighted by Gasteiger charge is -2.06. The monoisotopic (exact) mass is 335 g/mol. The first-order chi connectivity index (χ1) is 12.3. The fourth-order valence-electron chi connectivity index (χ4n) is 3.30. The van der Waals surface area contributed by atoms with Crippen LogP contribution in [0.5, 0.6) is 5.75 Å². The third-order valence-electron chi connectivity index (χ3n) is 4.64. The van der Waals surface area contributed by atoms with Gasteiger partial charge in [0.2, 0.25) is 0 Å². The molecule has 0 aliphatic heterocycles. The molecule has 0 fully saturated rings. The van der Waals surface area contributed by atoms with Crippen LogP contribution in [0.4, 0.5) is 0 Å². The summed E-state index contributed by atoms with van der Waals surface area (Å²) in [5.74, 6) is 0.633. The van der Waals surface area contributed by atoms with Gasteiger partial charge >= 0.3 is 0 Å². The zero-order valence-corrected chi connectivity index (χ0v) is 15.0. The first-order valence-corrected chi connectivity index (χ1v) is 9.02. The van der Waals surface area contributed by atoms with Crippen molar-refractivity contribution in [3.8, 4) is 5.75 Å². The normalized spacial score (nSPS) is 11.0. The molecule has 130 valence electrons. The number of para-hydroxylation sites is 2. The maximum absolute atomic E-state index is 13.1. The van der Waals surface area contributed by atoms with Gasteiger partial charge in [0, 0.05) is 29.2 Å². The van der Waals surface area contributed by atoms with Gasteiger partial charge in [-0.3, -0.25) is 4.79 Å². The van der Waals surface area contributed by atoms with Gasteiger partial charge in [0.05, 0.1) is 12.7 Å². The highest BCUT2D eigenvalue weighted by molar-refractivity contribution is 6.17. The van der Waals surface area contributed by atoms with Gasteiger partial charge in [0.15, 0.2) is 5.78 Å². The van der Waals surface area contributed by atoms with E-state index in [1.807, 2.05) is 48.7 Å². The summed E-state index contributed by atoms with van der Waals surface area (Å²) in [6.45, 7) is 3.16. The molecule has 3 heteroatoms. The molecule has 1 heterocycles. The highest BCUT2D eigenvalue weighted by atomic mass is 16.5. The Kier molecular flexibility index (Phi) is 5.54. The lowest BCUT2D eigenvalue weighted by molar-refractivity contribution is 0.103. The number of fused-ring (bicyclic) bond motifs is 1. The Morgan fingerprint density at radius 1 is 0.960 bits per heavy atom. The number of nitrogens with zero attached hydrogens (tertiary/aromatic N) is 1. The highest BCUT2D eigenvalue weighted by Gasteiger charge is 2.19. The van der Waals surface area contributed by atoms with Crippen LogP contribution in [-0.4, -0.2) is 17.5 Å². The Morgan fingerprint density at radius 3 is 2.52 bits per heavy atom.